The minimum absolute atomic E-state index is 0.682. The van der Waals surface area contributed by atoms with Crippen LogP contribution in [-0.4, -0.2) is 14.7 Å². The molecule has 0 bridgehead atoms. The van der Waals surface area contributed by atoms with Gasteiger partial charge in [0.15, 0.2) is 0 Å². The van der Waals surface area contributed by atoms with Crippen LogP contribution in [0.2, 0.25) is 13.1 Å². The van der Waals surface area contributed by atoms with E-state index in [9.17, 15) is 0 Å². The molecule has 110 valence electrons. The molecule has 0 radical (unpaired) electrons. The van der Waals surface area contributed by atoms with E-state index in [0.717, 1.165) is 13.0 Å². The zero-order chi connectivity index (χ0) is 15.1. The normalized spacial score (nSPS) is 11.3. The van der Waals surface area contributed by atoms with Gasteiger partial charge in [-0.3, -0.25) is 0 Å². The Bertz CT molecular complexity index is 561. The third-order valence-corrected chi connectivity index (χ3v) is 7.83. The first-order valence-corrected chi connectivity index (χ1v) is 10.5. The SMILES string of the molecule is C=C(CCOCc1ccccc1)[Si](C)(C)c1ccccc1. The Labute approximate surface area is 129 Å². The van der Waals surface area contributed by atoms with Crippen molar-refractivity contribution in [3.8, 4) is 0 Å². The highest BCUT2D eigenvalue weighted by atomic mass is 28.3. The Kier molecular flexibility index (Phi) is 5.54. The van der Waals surface area contributed by atoms with Crippen LogP contribution in [0.3, 0.4) is 0 Å². The van der Waals surface area contributed by atoms with E-state index in [-0.39, 0.29) is 0 Å². The Hall–Kier alpha value is -1.64. The van der Waals surface area contributed by atoms with Crippen molar-refractivity contribution in [1.29, 1.82) is 0 Å². The van der Waals surface area contributed by atoms with E-state index in [1.54, 1.807) is 0 Å². The molecule has 0 unspecified atom stereocenters. The van der Waals surface area contributed by atoms with Gasteiger partial charge in [0.2, 0.25) is 0 Å². The van der Waals surface area contributed by atoms with E-state index in [1.165, 1.54) is 15.9 Å². The smallest absolute Gasteiger partial charge is 0.106 e. The van der Waals surface area contributed by atoms with Crippen LogP contribution in [-0.2, 0) is 11.3 Å². The van der Waals surface area contributed by atoms with Crippen molar-refractivity contribution in [2.75, 3.05) is 6.61 Å². The lowest BCUT2D eigenvalue weighted by atomic mass is 10.2. The summed E-state index contributed by atoms with van der Waals surface area (Å²) in [5, 5.41) is 2.79. The molecule has 0 amide bonds. The van der Waals surface area contributed by atoms with Crippen molar-refractivity contribution >= 4 is 13.3 Å². The van der Waals surface area contributed by atoms with Crippen LogP contribution < -0.4 is 5.19 Å². The fourth-order valence-corrected chi connectivity index (χ4v) is 4.49. The summed E-state index contributed by atoms with van der Waals surface area (Å²) < 4.78 is 5.78. The highest BCUT2D eigenvalue weighted by molar-refractivity contribution is 6.95. The van der Waals surface area contributed by atoms with Gasteiger partial charge in [0.1, 0.15) is 8.07 Å². The largest absolute Gasteiger partial charge is 0.376 e. The molecule has 2 aromatic rings. The number of hydrogen-bond acceptors (Lipinski definition) is 1. The molecule has 0 aromatic heterocycles. The summed E-state index contributed by atoms with van der Waals surface area (Å²) in [6.45, 7) is 10.5. The van der Waals surface area contributed by atoms with Crippen molar-refractivity contribution in [2.24, 2.45) is 0 Å². The van der Waals surface area contributed by atoms with E-state index < -0.39 is 8.07 Å². The predicted molar refractivity (Wildman–Crippen MR) is 93.4 cm³/mol. The monoisotopic (exact) mass is 296 g/mol. The van der Waals surface area contributed by atoms with Gasteiger partial charge in [0.25, 0.3) is 0 Å². The van der Waals surface area contributed by atoms with E-state index in [0.29, 0.717) is 6.61 Å². The van der Waals surface area contributed by atoms with Crippen LogP contribution in [0, 0.1) is 0 Å². The van der Waals surface area contributed by atoms with Crippen molar-refractivity contribution in [2.45, 2.75) is 26.1 Å². The maximum absolute atomic E-state index is 5.78. The van der Waals surface area contributed by atoms with E-state index >= 15 is 0 Å². The van der Waals surface area contributed by atoms with E-state index in [2.05, 4.69) is 62.1 Å². The average molecular weight is 296 g/mol. The van der Waals surface area contributed by atoms with Crippen LogP contribution in [0.25, 0.3) is 0 Å². The fourth-order valence-electron chi connectivity index (χ4n) is 2.33. The van der Waals surface area contributed by atoms with Gasteiger partial charge in [-0.05, 0) is 12.0 Å². The first-order chi connectivity index (χ1) is 10.1. The molecule has 1 nitrogen and oxygen atoms in total. The predicted octanol–water partition coefficient (Wildman–Crippen LogP) is 4.30. The molecule has 0 aliphatic heterocycles. The quantitative estimate of drug-likeness (QED) is 0.546. The first-order valence-electron chi connectivity index (χ1n) is 7.46. The zero-order valence-corrected chi connectivity index (χ0v) is 14.0. The van der Waals surface area contributed by atoms with Gasteiger partial charge in [-0.15, -0.1) is 6.58 Å². The van der Waals surface area contributed by atoms with E-state index in [4.69, 9.17) is 4.74 Å². The maximum Gasteiger partial charge on any atom is 0.106 e. The summed E-state index contributed by atoms with van der Waals surface area (Å²) >= 11 is 0. The van der Waals surface area contributed by atoms with Gasteiger partial charge < -0.3 is 4.74 Å². The molecule has 0 heterocycles. The minimum atomic E-state index is -1.59. The third kappa shape index (κ3) is 4.41. The molecule has 0 fully saturated rings. The van der Waals surface area contributed by atoms with Crippen LogP contribution in [0.4, 0.5) is 0 Å². The lowest BCUT2D eigenvalue weighted by molar-refractivity contribution is 0.124. The molecule has 0 saturated heterocycles. The van der Waals surface area contributed by atoms with Crippen molar-refractivity contribution in [1.82, 2.24) is 0 Å². The van der Waals surface area contributed by atoms with Gasteiger partial charge in [0, 0.05) is 0 Å². The zero-order valence-electron chi connectivity index (χ0n) is 13.0. The molecule has 2 heteroatoms. The number of hydrogen-bond donors (Lipinski definition) is 0. The summed E-state index contributed by atoms with van der Waals surface area (Å²) in [6, 6.07) is 21.1. The lowest BCUT2D eigenvalue weighted by Crippen LogP contribution is -2.43. The Morgan fingerprint density at radius 3 is 2.14 bits per heavy atom. The van der Waals surface area contributed by atoms with Gasteiger partial charge in [-0.2, -0.15) is 0 Å². The summed E-state index contributed by atoms with van der Waals surface area (Å²) in [6.07, 6.45) is 0.945. The molecule has 21 heavy (non-hydrogen) atoms. The molecule has 0 aliphatic carbocycles. The molecule has 0 aliphatic rings. The van der Waals surface area contributed by atoms with Gasteiger partial charge in [-0.25, -0.2) is 0 Å². The Morgan fingerprint density at radius 2 is 1.52 bits per heavy atom. The second-order valence-corrected chi connectivity index (χ2v) is 10.4. The molecule has 0 spiro atoms. The minimum Gasteiger partial charge on any atom is -0.376 e. The molecular formula is C19H24OSi. The standard InChI is InChI=1S/C19H24OSi/c1-17(21(2,3)19-12-8-5-9-13-19)14-15-20-16-18-10-6-4-7-11-18/h4-13H,1,14-16H2,2-3H3. The number of ether oxygens (including phenoxy) is 1. The Morgan fingerprint density at radius 1 is 0.952 bits per heavy atom. The number of rotatable bonds is 7. The third-order valence-electron chi connectivity index (χ3n) is 4.04. The second kappa shape index (κ2) is 7.39. The van der Waals surface area contributed by atoms with E-state index in [1.807, 2.05) is 18.2 Å². The van der Waals surface area contributed by atoms with Crippen LogP contribution in [0.15, 0.2) is 72.4 Å². The highest BCUT2D eigenvalue weighted by Crippen LogP contribution is 2.17. The summed E-state index contributed by atoms with van der Waals surface area (Å²) in [4.78, 5) is 0. The van der Waals surface area contributed by atoms with Crippen molar-refractivity contribution < 1.29 is 4.74 Å². The van der Waals surface area contributed by atoms with Crippen molar-refractivity contribution in [3.05, 3.63) is 78.0 Å². The fraction of sp³-hybridized carbons (Fsp3) is 0.263. The molecule has 2 aromatic carbocycles. The molecule has 0 atom stereocenters. The maximum atomic E-state index is 5.78. The lowest BCUT2D eigenvalue weighted by Gasteiger charge is -2.25. The van der Waals surface area contributed by atoms with Crippen LogP contribution >= 0.6 is 0 Å². The number of benzene rings is 2. The van der Waals surface area contributed by atoms with Crippen LogP contribution in [0.5, 0.6) is 0 Å². The molecular weight excluding hydrogens is 272 g/mol. The van der Waals surface area contributed by atoms with Crippen LogP contribution in [0.1, 0.15) is 12.0 Å². The second-order valence-electron chi connectivity index (χ2n) is 5.88. The average Bonchev–Trinajstić information content (AvgIpc) is 2.53. The highest BCUT2D eigenvalue weighted by Gasteiger charge is 2.26. The van der Waals surface area contributed by atoms with Gasteiger partial charge in [-0.1, -0.05) is 84.1 Å². The summed E-state index contributed by atoms with van der Waals surface area (Å²) in [7, 11) is -1.59. The first kappa shape index (κ1) is 15.7. The molecule has 0 saturated carbocycles. The van der Waals surface area contributed by atoms with Gasteiger partial charge in [0.05, 0.1) is 13.2 Å². The topological polar surface area (TPSA) is 9.23 Å². The summed E-state index contributed by atoms with van der Waals surface area (Å²) in [5.41, 5.74) is 1.22. The summed E-state index contributed by atoms with van der Waals surface area (Å²) in [5.74, 6) is 0. The Balaban J connectivity index is 1.82. The van der Waals surface area contributed by atoms with Gasteiger partial charge >= 0.3 is 0 Å². The molecule has 0 N–H and O–H groups in total. The van der Waals surface area contributed by atoms with Crippen molar-refractivity contribution in [3.63, 3.8) is 0 Å². The molecule has 2 rings (SSSR count).